The number of hydrogen-bond acceptors (Lipinski definition) is 6. The molecule has 1 heterocycles. The molecule has 1 unspecified atom stereocenters. The van der Waals surface area contributed by atoms with E-state index in [0.29, 0.717) is 0 Å². The molecule has 0 saturated heterocycles. The monoisotopic (exact) mass is 257 g/mol. The van der Waals surface area contributed by atoms with Crippen LogP contribution in [0.2, 0.25) is 0 Å². The second-order valence-electron chi connectivity index (χ2n) is 3.95. The summed E-state index contributed by atoms with van der Waals surface area (Å²) >= 11 is 0. The molecule has 1 aliphatic rings. The van der Waals surface area contributed by atoms with E-state index in [1.807, 2.05) is 0 Å². The normalized spacial score (nSPS) is 27.9. The predicted molar refractivity (Wildman–Crippen MR) is 59.2 cm³/mol. The van der Waals surface area contributed by atoms with Crippen molar-refractivity contribution < 1.29 is 19.7 Å². The summed E-state index contributed by atoms with van der Waals surface area (Å²) in [5.74, 6) is -0.970. The number of anilines is 1. The third-order valence-electron chi connectivity index (χ3n) is 2.89. The molecule has 1 aromatic heterocycles. The number of nitrogens with zero attached hydrogens (tertiary/aromatic N) is 2. The van der Waals surface area contributed by atoms with Gasteiger partial charge in [0.2, 0.25) is 0 Å². The molecule has 0 radical (unpaired) electrons. The van der Waals surface area contributed by atoms with Crippen LogP contribution in [0.25, 0.3) is 0 Å². The maximum absolute atomic E-state index is 13.9. The molecule has 0 spiro atoms. The lowest BCUT2D eigenvalue weighted by atomic mass is 10.1. The quantitative estimate of drug-likeness (QED) is 0.502. The molecule has 98 valence electrons. The molecule has 0 aromatic carbocycles. The number of nitrogen functional groups attached to an aromatic ring is 1. The maximum atomic E-state index is 13.9. The van der Waals surface area contributed by atoms with E-state index in [9.17, 15) is 19.4 Å². The summed E-state index contributed by atoms with van der Waals surface area (Å²) in [5.41, 5.74) is 4.11. The van der Waals surface area contributed by atoms with Crippen molar-refractivity contribution in [3.05, 3.63) is 34.1 Å². The lowest BCUT2D eigenvalue weighted by Gasteiger charge is -2.19. The van der Waals surface area contributed by atoms with Crippen molar-refractivity contribution in [3.8, 4) is 0 Å². The molecule has 7 nitrogen and oxygen atoms in total. The van der Waals surface area contributed by atoms with Gasteiger partial charge in [-0.3, -0.25) is 4.57 Å². The van der Waals surface area contributed by atoms with Gasteiger partial charge in [-0.1, -0.05) is 0 Å². The van der Waals surface area contributed by atoms with E-state index in [-0.39, 0.29) is 11.4 Å². The third kappa shape index (κ3) is 1.80. The first-order valence-corrected chi connectivity index (χ1v) is 5.17. The Morgan fingerprint density at radius 1 is 1.50 bits per heavy atom. The van der Waals surface area contributed by atoms with E-state index in [0.717, 1.165) is 4.57 Å². The first kappa shape index (κ1) is 12.7. The minimum absolute atomic E-state index is 0.0314. The minimum Gasteiger partial charge on any atom is -0.392 e. The highest BCUT2D eigenvalue weighted by Crippen LogP contribution is 2.36. The first-order chi connectivity index (χ1) is 8.47. The molecule has 8 heteroatoms. The summed E-state index contributed by atoms with van der Waals surface area (Å²) in [5, 5.41) is 28.2. The molecule has 1 aromatic rings. The largest absolute Gasteiger partial charge is 0.392 e. The Kier molecular flexibility index (Phi) is 3.16. The number of rotatable bonds is 2. The Bertz CT molecular complexity index is 556. The molecular formula is C10H12FN3O4. The lowest BCUT2D eigenvalue weighted by Crippen LogP contribution is -2.36. The van der Waals surface area contributed by atoms with Crippen LogP contribution in [0.4, 0.5) is 10.2 Å². The number of halogens is 1. The smallest absolute Gasteiger partial charge is 0.350 e. The van der Waals surface area contributed by atoms with Gasteiger partial charge in [-0.2, -0.15) is 4.98 Å². The molecule has 0 saturated carbocycles. The van der Waals surface area contributed by atoms with E-state index in [2.05, 4.69) is 4.98 Å². The van der Waals surface area contributed by atoms with Crippen LogP contribution >= 0.6 is 0 Å². The fourth-order valence-corrected chi connectivity index (χ4v) is 1.95. The Balaban J connectivity index is 2.51. The number of hydrogen-bond donors (Lipinski definition) is 4. The van der Waals surface area contributed by atoms with Crippen LogP contribution in [0.1, 0.15) is 6.04 Å². The molecule has 0 bridgehead atoms. The van der Waals surface area contributed by atoms with Crippen LogP contribution in [0, 0.1) is 0 Å². The molecule has 0 fully saturated rings. The Labute approximate surface area is 101 Å². The Morgan fingerprint density at radius 3 is 2.67 bits per heavy atom. The average molecular weight is 257 g/mol. The molecule has 18 heavy (non-hydrogen) atoms. The summed E-state index contributed by atoms with van der Waals surface area (Å²) < 4.78 is 14.7. The summed E-state index contributed by atoms with van der Waals surface area (Å²) in [6.07, 6.45) is -1.94. The molecule has 1 aliphatic carbocycles. The highest BCUT2D eigenvalue weighted by Gasteiger charge is 2.43. The second-order valence-corrected chi connectivity index (χ2v) is 3.95. The van der Waals surface area contributed by atoms with E-state index in [4.69, 9.17) is 10.8 Å². The van der Waals surface area contributed by atoms with Crippen LogP contribution in [-0.4, -0.2) is 43.7 Å². The summed E-state index contributed by atoms with van der Waals surface area (Å²) in [6.45, 7) is -0.738. The third-order valence-corrected chi connectivity index (χ3v) is 2.89. The molecule has 3 atom stereocenters. The zero-order valence-electron chi connectivity index (χ0n) is 9.19. The van der Waals surface area contributed by atoms with Crippen molar-refractivity contribution in [2.24, 2.45) is 0 Å². The van der Waals surface area contributed by atoms with Gasteiger partial charge in [-0.15, -0.1) is 0 Å². The van der Waals surface area contributed by atoms with E-state index >= 15 is 0 Å². The zero-order chi connectivity index (χ0) is 13.4. The van der Waals surface area contributed by atoms with Crippen LogP contribution < -0.4 is 11.4 Å². The van der Waals surface area contributed by atoms with Gasteiger partial charge in [-0.05, 0) is 6.07 Å². The molecule has 5 N–H and O–H groups in total. The lowest BCUT2D eigenvalue weighted by molar-refractivity contribution is 0.0244. The summed E-state index contributed by atoms with van der Waals surface area (Å²) in [7, 11) is 0. The maximum Gasteiger partial charge on any atom is 0.350 e. The van der Waals surface area contributed by atoms with Gasteiger partial charge in [0.25, 0.3) is 0 Å². The van der Waals surface area contributed by atoms with Gasteiger partial charge in [0, 0.05) is 11.8 Å². The summed E-state index contributed by atoms with van der Waals surface area (Å²) in [6, 6.07) is -0.132. The molecule has 0 aliphatic heterocycles. The van der Waals surface area contributed by atoms with Gasteiger partial charge in [0.05, 0.1) is 6.61 Å². The van der Waals surface area contributed by atoms with Crippen molar-refractivity contribution in [3.63, 3.8) is 0 Å². The van der Waals surface area contributed by atoms with Crippen LogP contribution in [0.5, 0.6) is 0 Å². The van der Waals surface area contributed by atoms with Gasteiger partial charge >= 0.3 is 5.69 Å². The fourth-order valence-electron chi connectivity index (χ4n) is 1.95. The van der Waals surface area contributed by atoms with Crippen molar-refractivity contribution in [2.45, 2.75) is 18.2 Å². The van der Waals surface area contributed by atoms with Crippen LogP contribution in [0.15, 0.2) is 28.5 Å². The topological polar surface area (TPSA) is 122 Å². The standard InChI is InChI=1S/C10H12FN3O4/c11-6-4(3-15)8(16)9(17)7(6)14-2-1-5(12)13-10(14)18/h1-2,7-9,15-17H,3H2,(H2,12,13,18)/t7?,8-,9-/m0/s1. The first-order valence-electron chi connectivity index (χ1n) is 5.17. The second kappa shape index (κ2) is 4.48. The number of nitrogens with two attached hydrogens (primary N) is 1. The minimum atomic E-state index is -1.56. The van der Waals surface area contributed by atoms with Crippen LogP contribution in [-0.2, 0) is 0 Å². The SMILES string of the molecule is Nc1ccn(C2C(F)=C(CO)[C@H](O)[C@H]2O)c(=O)n1. The van der Waals surface area contributed by atoms with E-state index in [1.165, 1.54) is 12.3 Å². The van der Waals surface area contributed by atoms with Gasteiger partial charge in [0.1, 0.15) is 29.9 Å². The zero-order valence-corrected chi connectivity index (χ0v) is 9.19. The molecule has 0 amide bonds. The van der Waals surface area contributed by atoms with E-state index < -0.39 is 36.4 Å². The van der Waals surface area contributed by atoms with Crippen LogP contribution in [0.3, 0.4) is 0 Å². The predicted octanol–water partition coefficient (Wildman–Crippen LogP) is -1.68. The van der Waals surface area contributed by atoms with Crippen molar-refractivity contribution >= 4 is 5.82 Å². The van der Waals surface area contributed by atoms with Crippen molar-refractivity contribution in [1.29, 1.82) is 0 Å². The number of aromatic nitrogens is 2. The van der Waals surface area contributed by atoms with Crippen molar-refractivity contribution in [2.75, 3.05) is 12.3 Å². The van der Waals surface area contributed by atoms with Gasteiger partial charge < -0.3 is 21.1 Å². The number of aliphatic hydroxyl groups excluding tert-OH is 3. The highest BCUT2D eigenvalue weighted by molar-refractivity contribution is 5.30. The van der Waals surface area contributed by atoms with E-state index in [1.54, 1.807) is 0 Å². The average Bonchev–Trinajstić information content (AvgIpc) is 2.52. The van der Waals surface area contributed by atoms with Gasteiger partial charge in [-0.25, -0.2) is 9.18 Å². The summed E-state index contributed by atoms with van der Waals surface area (Å²) in [4.78, 5) is 15.0. The number of aliphatic hydroxyl groups is 3. The fraction of sp³-hybridized carbons (Fsp3) is 0.400. The van der Waals surface area contributed by atoms with Gasteiger partial charge in [0.15, 0.2) is 0 Å². The van der Waals surface area contributed by atoms with Crippen molar-refractivity contribution in [1.82, 2.24) is 9.55 Å². The Hall–Kier alpha value is -1.77. The molecule has 2 rings (SSSR count). The molecular weight excluding hydrogens is 245 g/mol. The Morgan fingerprint density at radius 2 is 2.17 bits per heavy atom. The highest BCUT2D eigenvalue weighted by atomic mass is 19.1.